The van der Waals surface area contributed by atoms with Crippen molar-refractivity contribution in [3.8, 4) is 0 Å². The lowest BCUT2D eigenvalue weighted by Gasteiger charge is -2.37. The van der Waals surface area contributed by atoms with E-state index < -0.39 is 0 Å². The van der Waals surface area contributed by atoms with Gasteiger partial charge in [0.2, 0.25) is 0 Å². The van der Waals surface area contributed by atoms with Gasteiger partial charge in [0, 0.05) is 31.4 Å². The van der Waals surface area contributed by atoms with Crippen LogP contribution in [-0.4, -0.2) is 15.6 Å². The summed E-state index contributed by atoms with van der Waals surface area (Å²) in [6.07, 6.45) is 12.7. The largest absolute Gasteiger partial charge is 0.335 e. The quantitative estimate of drug-likeness (QED) is 0.824. The highest BCUT2D eigenvalue weighted by molar-refractivity contribution is 5.02. The standard InChI is InChI=1S/C17H31N3/c1-4-10-20-11-9-19-16(20)12-15(18)17(13-14(2)3)7-5-6-8-17/h9,11,14-15H,4-8,10,12-13,18H2,1-3H3. The fourth-order valence-corrected chi connectivity index (χ4v) is 4.01. The van der Waals surface area contributed by atoms with Gasteiger partial charge in [-0.15, -0.1) is 0 Å². The van der Waals surface area contributed by atoms with Crippen molar-refractivity contribution in [3.63, 3.8) is 0 Å². The minimum Gasteiger partial charge on any atom is -0.335 e. The van der Waals surface area contributed by atoms with Crippen LogP contribution in [0.5, 0.6) is 0 Å². The second kappa shape index (κ2) is 6.75. The summed E-state index contributed by atoms with van der Waals surface area (Å²) < 4.78 is 2.28. The van der Waals surface area contributed by atoms with E-state index in [4.69, 9.17) is 5.73 Å². The molecule has 1 aromatic rings. The Bertz CT molecular complexity index is 402. The third kappa shape index (κ3) is 3.43. The minimum atomic E-state index is 0.255. The number of hydrogen-bond acceptors (Lipinski definition) is 2. The van der Waals surface area contributed by atoms with Crippen molar-refractivity contribution >= 4 is 0 Å². The zero-order valence-electron chi connectivity index (χ0n) is 13.4. The highest BCUT2D eigenvalue weighted by Crippen LogP contribution is 2.45. The van der Waals surface area contributed by atoms with E-state index in [0.717, 1.165) is 25.3 Å². The van der Waals surface area contributed by atoms with Gasteiger partial charge in [0.25, 0.3) is 0 Å². The molecular formula is C17H31N3. The Morgan fingerprint density at radius 3 is 2.65 bits per heavy atom. The lowest BCUT2D eigenvalue weighted by Crippen LogP contribution is -2.43. The Balaban J connectivity index is 2.08. The average Bonchev–Trinajstić information content (AvgIpc) is 3.00. The fourth-order valence-electron chi connectivity index (χ4n) is 4.01. The predicted octanol–water partition coefficient (Wildman–Crippen LogP) is 3.77. The van der Waals surface area contributed by atoms with Crippen LogP contribution in [0.25, 0.3) is 0 Å². The summed E-state index contributed by atoms with van der Waals surface area (Å²) in [6, 6.07) is 0.255. The summed E-state index contributed by atoms with van der Waals surface area (Å²) in [5.74, 6) is 1.91. The topological polar surface area (TPSA) is 43.8 Å². The Morgan fingerprint density at radius 1 is 1.35 bits per heavy atom. The van der Waals surface area contributed by atoms with Gasteiger partial charge >= 0.3 is 0 Å². The Morgan fingerprint density at radius 2 is 2.05 bits per heavy atom. The number of imidazole rings is 1. The van der Waals surface area contributed by atoms with Crippen LogP contribution >= 0.6 is 0 Å². The van der Waals surface area contributed by atoms with Crippen molar-refractivity contribution in [1.29, 1.82) is 0 Å². The van der Waals surface area contributed by atoms with Crippen molar-refractivity contribution < 1.29 is 0 Å². The van der Waals surface area contributed by atoms with Crippen molar-refractivity contribution in [2.75, 3.05) is 0 Å². The molecule has 0 amide bonds. The van der Waals surface area contributed by atoms with E-state index in [1.165, 1.54) is 37.9 Å². The van der Waals surface area contributed by atoms with Crippen LogP contribution in [-0.2, 0) is 13.0 Å². The molecule has 1 aliphatic carbocycles. The first-order valence-electron chi connectivity index (χ1n) is 8.33. The van der Waals surface area contributed by atoms with Gasteiger partial charge in [-0.2, -0.15) is 0 Å². The van der Waals surface area contributed by atoms with Gasteiger partial charge in [-0.25, -0.2) is 4.98 Å². The van der Waals surface area contributed by atoms with Crippen LogP contribution in [0.4, 0.5) is 0 Å². The molecule has 20 heavy (non-hydrogen) atoms. The monoisotopic (exact) mass is 277 g/mol. The van der Waals surface area contributed by atoms with E-state index >= 15 is 0 Å². The second-order valence-electron chi connectivity index (χ2n) is 7.01. The molecule has 3 nitrogen and oxygen atoms in total. The average molecular weight is 277 g/mol. The molecule has 0 radical (unpaired) electrons. The highest BCUT2D eigenvalue weighted by atomic mass is 15.1. The Kier molecular flexibility index (Phi) is 5.25. The number of nitrogens with two attached hydrogens (primary N) is 1. The van der Waals surface area contributed by atoms with Crippen LogP contribution in [0.3, 0.4) is 0 Å². The molecule has 2 rings (SSSR count). The van der Waals surface area contributed by atoms with Crippen molar-refractivity contribution in [2.24, 2.45) is 17.1 Å². The molecule has 1 aliphatic rings. The van der Waals surface area contributed by atoms with Crippen molar-refractivity contribution in [3.05, 3.63) is 18.2 Å². The van der Waals surface area contributed by atoms with E-state index in [1.54, 1.807) is 0 Å². The summed E-state index contributed by atoms with van der Waals surface area (Å²) >= 11 is 0. The molecule has 1 heterocycles. The van der Waals surface area contributed by atoms with Gasteiger partial charge in [-0.05, 0) is 37.0 Å². The molecule has 0 aromatic carbocycles. The Hall–Kier alpha value is -0.830. The second-order valence-corrected chi connectivity index (χ2v) is 7.01. The van der Waals surface area contributed by atoms with E-state index in [-0.39, 0.29) is 6.04 Å². The Labute approximate surface area is 124 Å². The zero-order valence-corrected chi connectivity index (χ0v) is 13.4. The van der Waals surface area contributed by atoms with Gasteiger partial charge in [-0.1, -0.05) is 33.6 Å². The third-order valence-electron chi connectivity index (χ3n) is 4.87. The summed E-state index contributed by atoms with van der Waals surface area (Å²) in [4.78, 5) is 4.54. The fraction of sp³-hybridized carbons (Fsp3) is 0.824. The molecule has 3 heteroatoms. The minimum absolute atomic E-state index is 0.255. The molecule has 0 bridgehead atoms. The normalized spacial score (nSPS) is 19.6. The van der Waals surface area contributed by atoms with E-state index in [0.29, 0.717) is 5.41 Å². The van der Waals surface area contributed by atoms with Crippen LogP contribution < -0.4 is 5.73 Å². The number of aryl methyl sites for hydroxylation is 1. The molecule has 1 fully saturated rings. The molecule has 1 saturated carbocycles. The number of hydrogen-bond donors (Lipinski definition) is 1. The first kappa shape index (κ1) is 15.6. The molecule has 1 atom stereocenters. The van der Waals surface area contributed by atoms with Gasteiger partial charge in [-0.3, -0.25) is 0 Å². The van der Waals surface area contributed by atoms with Crippen molar-refractivity contribution in [1.82, 2.24) is 9.55 Å². The van der Waals surface area contributed by atoms with Gasteiger partial charge in [0.1, 0.15) is 5.82 Å². The van der Waals surface area contributed by atoms with E-state index in [2.05, 4.69) is 36.5 Å². The maximum atomic E-state index is 6.67. The lowest BCUT2D eigenvalue weighted by atomic mass is 9.72. The van der Waals surface area contributed by atoms with Gasteiger partial charge in [0.15, 0.2) is 0 Å². The number of nitrogens with zero attached hydrogens (tertiary/aromatic N) is 2. The van der Waals surface area contributed by atoms with Crippen LogP contribution in [0, 0.1) is 11.3 Å². The van der Waals surface area contributed by atoms with E-state index in [9.17, 15) is 0 Å². The van der Waals surface area contributed by atoms with Gasteiger partial charge in [0.05, 0.1) is 0 Å². The molecule has 114 valence electrons. The first-order chi connectivity index (χ1) is 9.57. The van der Waals surface area contributed by atoms with Crippen LogP contribution in [0.1, 0.15) is 65.1 Å². The summed E-state index contributed by atoms with van der Waals surface area (Å²) in [5.41, 5.74) is 7.02. The smallest absolute Gasteiger partial charge is 0.110 e. The number of aromatic nitrogens is 2. The molecule has 0 spiro atoms. The molecular weight excluding hydrogens is 246 g/mol. The third-order valence-corrected chi connectivity index (χ3v) is 4.87. The molecule has 0 saturated heterocycles. The maximum Gasteiger partial charge on any atom is 0.110 e. The SMILES string of the molecule is CCCn1ccnc1CC(N)C1(CC(C)C)CCCC1. The molecule has 0 aliphatic heterocycles. The summed E-state index contributed by atoms with van der Waals surface area (Å²) in [5, 5.41) is 0. The predicted molar refractivity (Wildman–Crippen MR) is 84.6 cm³/mol. The lowest BCUT2D eigenvalue weighted by molar-refractivity contribution is 0.179. The molecule has 2 N–H and O–H groups in total. The highest BCUT2D eigenvalue weighted by Gasteiger charge is 2.40. The van der Waals surface area contributed by atoms with Crippen LogP contribution in [0.15, 0.2) is 12.4 Å². The summed E-state index contributed by atoms with van der Waals surface area (Å²) in [7, 11) is 0. The van der Waals surface area contributed by atoms with Gasteiger partial charge < -0.3 is 10.3 Å². The van der Waals surface area contributed by atoms with Crippen LogP contribution in [0.2, 0.25) is 0 Å². The first-order valence-corrected chi connectivity index (χ1v) is 8.33. The molecule has 1 aromatic heterocycles. The van der Waals surface area contributed by atoms with E-state index in [1.807, 2.05) is 6.20 Å². The van der Waals surface area contributed by atoms with Crippen molar-refractivity contribution in [2.45, 2.75) is 78.3 Å². The molecule has 1 unspecified atom stereocenters. The maximum absolute atomic E-state index is 6.67. The number of rotatable bonds is 7. The zero-order chi connectivity index (χ0) is 14.6. The summed E-state index contributed by atoms with van der Waals surface area (Å²) in [6.45, 7) is 7.91.